The molecular formula is C26H31ClFN3O4S. The van der Waals surface area contributed by atoms with Crippen LogP contribution in [0.1, 0.15) is 51.1 Å². The second kappa shape index (κ2) is 12.7. The number of allylic oxidation sites excluding steroid dienone is 1. The molecule has 1 aromatic carbocycles. The van der Waals surface area contributed by atoms with Gasteiger partial charge in [0, 0.05) is 43.2 Å². The molecular weight excluding hydrogens is 505 g/mol. The monoisotopic (exact) mass is 535 g/mol. The van der Waals surface area contributed by atoms with Crippen LogP contribution in [-0.2, 0) is 20.9 Å². The summed E-state index contributed by atoms with van der Waals surface area (Å²) in [6, 6.07) is 5.86. The van der Waals surface area contributed by atoms with E-state index in [1.165, 1.54) is 24.0 Å². The number of ether oxygens (including phenoxy) is 1. The average molecular weight is 536 g/mol. The molecule has 0 spiro atoms. The summed E-state index contributed by atoms with van der Waals surface area (Å²) in [7, 11) is 0. The highest BCUT2D eigenvalue weighted by atomic mass is 35.5. The summed E-state index contributed by atoms with van der Waals surface area (Å²) < 4.78 is 21.6. The molecule has 0 bridgehead atoms. The molecule has 4 rings (SSSR count). The number of piperidine rings is 1. The Morgan fingerprint density at radius 2 is 2.00 bits per heavy atom. The zero-order valence-electron chi connectivity index (χ0n) is 20.4. The van der Waals surface area contributed by atoms with E-state index in [1.54, 1.807) is 42.9 Å². The molecule has 0 N–H and O–H groups in total. The number of hydrogen-bond donors (Lipinski definition) is 0. The van der Waals surface area contributed by atoms with Crippen molar-refractivity contribution < 1.29 is 23.5 Å². The first-order chi connectivity index (χ1) is 16.9. The number of thioether (sulfide) groups is 1. The summed E-state index contributed by atoms with van der Waals surface area (Å²) in [5.41, 5.74) is 1.42. The Hall–Kier alpha value is -2.49. The van der Waals surface area contributed by atoms with Gasteiger partial charge in [-0.05, 0) is 30.9 Å². The minimum absolute atomic E-state index is 0. The summed E-state index contributed by atoms with van der Waals surface area (Å²) in [5.74, 6) is -0.262. The molecule has 2 unspecified atom stereocenters. The zero-order chi connectivity index (χ0) is 24.9. The Kier molecular flexibility index (Phi) is 9.87. The van der Waals surface area contributed by atoms with Crippen molar-refractivity contribution in [1.29, 1.82) is 0 Å². The van der Waals surface area contributed by atoms with Gasteiger partial charge in [-0.25, -0.2) is 4.39 Å². The van der Waals surface area contributed by atoms with Crippen LogP contribution in [0.25, 0.3) is 0 Å². The van der Waals surface area contributed by atoms with Crippen LogP contribution in [0.15, 0.2) is 48.3 Å². The average Bonchev–Trinajstić information content (AvgIpc) is 3.60. The van der Waals surface area contributed by atoms with Gasteiger partial charge in [0.05, 0.1) is 25.0 Å². The van der Waals surface area contributed by atoms with E-state index in [1.807, 2.05) is 11.0 Å². The summed E-state index contributed by atoms with van der Waals surface area (Å²) in [5, 5.41) is 4.26. The number of ketones is 1. The Bertz CT molecular complexity index is 1130. The highest BCUT2D eigenvalue weighted by Gasteiger charge is 2.41. The van der Waals surface area contributed by atoms with Crippen LogP contribution in [-0.4, -0.2) is 49.9 Å². The summed E-state index contributed by atoms with van der Waals surface area (Å²) in [4.78, 5) is 38.7. The first kappa shape index (κ1) is 28.1. The largest absolute Gasteiger partial charge is 0.423 e. The van der Waals surface area contributed by atoms with Gasteiger partial charge in [0.15, 0.2) is 16.6 Å². The number of carbonyl (C=O) groups excluding carboxylic acids is 3. The fourth-order valence-electron chi connectivity index (χ4n) is 4.36. The molecule has 2 aliphatic rings. The molecule has 2 aromatic rings. The van der Waals surface area contributed by atoms with Crippen LogP contribution in [0.4, 0.5) is 4.39 Å². The molecule has 36 heavy (non-hydrogen) atoms. The van der Waals surface area contributed by atoms with Gasteiger partial charge < -0.3 is 4.74 Å². The number of esters is 1. The van der Waals surface area contributed by atoms with Crippen molar-refractivity contribution in [3.05, 3.63) is 59.7 Å². The van der Waals surface area contributed by atoms with Gasteiger partial charge in [0.2, 0.25) is 0 Å². The highest BCUT2D eigenvalue weighted by molar-refractivity contribution is 8.14. The fraction of sp³-hybridized carbons (Fsp3) is 0.462. The van der Waals surface area contributed by atoms with Crippen LogP contribution in [0.5, 0.6) is 5.75 Å². The quantitative estimate of drug-likeness (QED) is 0.338. The lowest BCUT2D eigenvalue weighted by Crippen LogP contribution is -2.43. The molecule has 1 saturated carbocycles. The van der Waals surface area contributed by atoms with E-state index >= 15 is 0 Å². The molecule has 0 radical (unpaired) electrons. The van der Waals surface area contributed by atoms with Gasteiger partial charge in [-0.2, -0.15) is 5.10 Å². The number of carbonyl (C=O) groups is 3. The standard InChI is InChI=1S/C26H30FN3O4S.ClH/c1-3-24(32)34-20-14-28-30(16-20)13-10-19-15-29(12-11-23(19)35-17(2)31)25(26(33)18-8-9-18)21-6-4-5-7-22(21)27;/h4-7,10,14,16,18,23,25H,3,8-9,11-13,15H2,1-2H3;1H/b19-10-;. The molecule has 194 valence electrons. The van der Waals surface area contributed by atoms with Crippen LogP contribution in [0, 0.1) is 11.7 Å². The number of rotatable bonds is 9. The number of benzene rings is 1. The maximum absolute atomic E-state index is 14.8. The van der Waals surface area contributed by atoms with E-state index in [9.17, 15) is 18.8 Å². The molecule has 2 heterocycles. The van der Waals surface area contributed by atoms with E-state index in [4.69, 9.17) is 4.74 Å². The predicted octanol–water partition coefficient (Wildman–Crippen LogP) is 4.76. The van der Waals surface area contributed by atoms with E-state index in [-0.39, 0.29) is 52.7 Å². The fourth-order valence-corrected chi connectivity index (χ4v) is 5.31. The molecule has 7 nitrogen and oxygen atoms in total. The van der Waals surface area contributed by atoms with Gasteiger partial charge in [-0.1, -0.05) is 43.0 Å². The third-order valence-electron chi connectivity index (χ3n) is 6.27. The predicted molar refractivity (Wildman–Crippen MR) is 139 cm³/mol. The van der Waals surface area contributed by atoms with E-state index in [0.29, 0.717) is 37.4 Å². The number of halogens is 2. The lowest BCUT2D eigenvalue weighted by molar-refractivity contribution is -0.134. The summed E-state index contributed by atoms with van der Waals surface area (Å²) in [6.45, 7) is 4.75. The first-order valence-corrected chi connectivity index (χ1v) is 12.8. The maximum Gasteiger partial charge on any atom is 0.311 e. The van der Waals surface area contributed by atoms with Crippen molar-refractivity contribution >= 4 is 41.0 Å². The smallest absolute Gasteiger partial charge is 0.311 e. The third-order valence-corrected chi connectivity index (χ3v) is 7.43. The SMILES string of the molecule is CCC(=O)Oc1cnn(C/C=C2/CN(C(C(=O)C3CC3)c3ccccc3F)CCC2SC(C)=O)c1.Cl. The Morgan fingerprint density at radius 3 is 2.67 bits per heavy atom. The Balaban J connectivity index is 0.00000361. The normalized spacial score (nSPS) is 20.0. The first-order valence-electron chi connectivity index (χ1n) is 12.0. The third kappa shape index (κ3) is 7.05. The van der Waals surface area contributed by atoms with Crippen molar-refractivity contribution in [2.45, 2.75) is 57.4 Å². The lowest BCUT2D eigenvalue weighted by Gasteiger charge is -2.38. The molecule has 1 saturated heterocycles. The second-order valence-corrected chi connectivity index (χ2v) is 10.3. The summed E-state index contributed by atoms with van der Waals surface area (Å²) in [6.07, 6.45) is 7.81. The van der Waals surface area contributed by atoms with Crippen LogP contribution >= 0.6 is 24.2 Å². The van der Waals surface area contributed by atoms with E-state index in [0.717, 1.165) is 18.4 Å². The Labute approximate surface area is 220 Å². The van der Waals surface area contributed by atoms with Crippen LogP contribution in [0.3, 0.4) is 0 Å². The molecule has 1 aromatic heterocycles. The van der Waals surface area contributed by atoms with E-state index in [2.05, 4.69) is 5.10 Å². The number of likely N-dealkylation sites (tertiary alicyclic amines) is 1. The molecule has 1 aliphatic carbocycles. The number of Topliss-reactive ketones (excluding diaryl/α,β-unsaturated/α-hetero) is 1. The highest BCUT2D eigenvalue weighted by Crippen LogP contribution is 2.40. The van der Waals surface area contributed by atoms with E-state index < -0.39 is 6.04 Å². The van der Waals surface area contributed by atoms with Gasteiger partial charge in [0.1, 0.15) is 5.82 Å². The summed E-state index contributed by atoms with van der Waals surface area (Å²) >= 11 is 1.28. The Morgan fingerprint density at radius 1 is 1.25 bits per heavy atom. The molecule has 1 aliphatic heterocycles. The molecule has 0 amide bonds. The number of nitrogens with zero attached hydrogens (tertiary/aromatic N) is 3. The second-order valence-electron chi connectivity index (χ2n) is 8.96. The maximum atomic E-state index is 14.8. The van der Waals surface area contributed by atoms with Crippen molar-refractivity contribution in [2.24, 2.45) is 5.92 Å². The van der Waals surface area contributed by atoms with Crippen LogP contribution < -0.4 is 4.74 Å². The minimum atomic E-state index is -0.639. The molecule has 2 atom stereocenters. The molecule has 2 fully saturated rings. The van der Waals surface area contributed by atoms with Gasteiger partial charge in [-0.3, -0.25) is 24.0 Å². The van der Waals surface area contributed by atoms with Gasteiger partial charge in [-0.15, -0.1) is 12.4 Å². The van der Waals surface area contributed by atoms with Crippen molar-refractivity contribution in [3.63, 3.8) is 0 Å². The topological polar surface area (TPSA) is 81.5 Å². The van der Waals surface area contributed by atoms with Crippen molar-refractivity contribution in [1.82, 2.24) is 14.7 Å². The molecule has 10 heteroatoms. The van der Waals surface area contributed by atoms with Gasteiger partial charge >= 0.3 is 5.97 Å². The number of aromatic nitrogens is 2. The van der Waals surface area contributed by atoms with Crippen molar-refractivity contribution in [3.8, 4) is 5.75 Å². The van der Waals surface area contributed by atoms with Gasteiger partial charge in [0.25, 0.3) is 0 Å². The zero-order valence-corrected chi connectivity index (χ0v) is 22.0. The number of hydrogen-bond acceptors (Lipinski definition) is 7. The lowest BCUT2D eigenvalue weighted by atomic mass is 9.93. The van der Waals surface area contributed by atoms with Crippen molar-refractivity contribution in [2.75, 3.05) is 13.1 Å². The van der Waals surface area contributed by atoms with Crippen LogP contribution in [0.2, 0.25) is 0 Å². The minimum Gasteiger partial charge on any atom is -0.423 e.